The van der Waals surface area contributed by atoms with Gasteiger partial charge < -0.3 is 15.4 Å². The number of aliphatic carboxylic acids is 1. The van der Waals surface area contributed by atoms with Crippen LogP contribution in [0.2, 0.25) is 0 Å². The van der Waals surface area contributed by atoms with Crippen LogP contribution in [0.1, 0.15) is 18.1 Å². The first-order valence-electron chi connectivity index (χ1n) is 6.01. The Balaban J connectivity index is 2.35. The third kappa shape index (κ3) is 2.78. The van der Waals surface area contributed by atoms with Crippen molar-refractivity contribution in [3.05, 3.63) is 35.5 Å². The third-order valence-electron chi connectivity index (χ3n) is 3.00. The molecule has 6 nitrogen and oxygen atoms in total. The van der Waals surface area contributed by atoms with E-state index in [1.54, 1.807) is 24.4 Å². The number of carbonyl (C=O) groups is 2. The average molecular weight is 271 g/mol. The molecule has 3 N–H and O–H groups in total. The monoisotopic (exact) mass is 271 g/mol. The second-order valence-electron chi connectivity index (χ2n) is 4.48. The summed E-state index contributed by atoms with van der Waals surface area (Å²) in [5, 5.41) is 21.2. The van der Waals surface area contributed by atoms with Gasteiger partial charge in [0.1, 0.15) is 6.04 Å². The topological polar surface area (TPSA) is 106 Å². The standard InChI is InChI=1S/C14H13N3O3/c1-8(18)17-13(14(19)20)5-10-7-16-12-3-2-9(6-15)4-11(10)12/h2-4,7,13,16H,5H2,1H3,(H,17,18)(H,19,20). The number of amides is 1. The van der Waals surface area contributed by atoms with Crippen molar-refractivity contribution >= 4 is 22.8 Å². The Morgan fingerprint density at radius 1 is 1.50 bits per heavy atom. The van der Waals surface area contributed by atoms with Crippen molar-refractivity contribution in [1.82, 2.24) is 10.3 Å². The van der Waals surface area contributed by atoms with Crippen LogP contribution in [0.5, 0.6) is 0 Å². The van der Waals surface area contributed by atoms with Crippen LogP contribution in [0, 0.1) is 11.3 Å². The molecule has 1 unspecified atom stereocenters. The highest BCUT2D eigenvalue weighted by atomic mass is 16.4. The number of fused-ring (bicyclic) bond motifs is 1. The fourth-order valence-electron chi connectivity index (χ4n) is 2.08. The van der Waals surface area contributed by atoms with E-state index in [0.29, 0.717) is 5.56 Å². The molecule has 0 aliphatic carbocycles. The Kier molecular flexibility index (Phi) is 3.71. The summed E-state index contributed by atoms with van der Waals surface area (Å²) in [6.45, 7) is 1.28. The van der Waals surface area contributed by atoms with Crippen LogP contribution in [-0.2, 0) is 16.0 Å². The second-order valence-corrected chi connectivity index (χ2v) is 4.48. The maximum absolute atomic E-state index is 11.1. The summed E-state index contributed by atoms with van der Waals surface area (Å²) >= 11 is 0. The fourth-order valence-corrected chi connectivity index (χ4v) is 2.08. The number of carboxylic acid groups (broad SMARTS) is 1. The Labute approximate surface area is 115 Å². The Morgan fingerprint density at radius 3 is 2.85 bits per heavy atom. The van der Waals surface area contributed by atoms with Crippen molar-refractivity contribution < 1.29 is 14.7 Å². The maximum Gasteiger partial charge on any atom is 0.326 e. The lowest BCUT2D eigenvalue weighted by atomic mass is 10.0. The number of aromatic nitrogens is 1. The molecule has 0 bridgehead atoms. The lowest BCUT2D eigenvalue weighted by molar-refractivity contribution is -0.141. The highest BCUT2D eigenvalue weighted by Crippen LogP contribution is 2.21. The summed E-state index contributed by atoms with van der Waals surface area (Å²) < 4.78 is 0. The van der Waals surface area contributed by atoms with Gasteiger partial charge in [0.25, 0.3) is 0 Å². The van der Waals surface area contributed by atoms with E-state index in [-0.39, 0.29) is 6.42 Å². The third-order valence-corrected chi connectivity index (χ3v) is 3.00. The van der Waals surface area contributed by atoms with Gasteiger partial charge in [-0.05, 0) is 23.8 Å². The Bertz CT molecular complexity index is 712. The Hall–Kier alpha value is -2.81. The predicted octanol–water partition coefficient (Wildman–Crippen LogP) is 1.17. The number of nitrogens with one attached hydrogen (secondary N) is 2. The number of hydrogen-bond donors (Lipinski definition) is 3. The first kappa shape index (κ1) is 13.6. The molecule has 0 aliphatic heterocycles. The minimum Gasteiger partial charge on any atom is -0.480 e. The van der Waals surface area contributed by atoms with Gasteiger partial charge >= 0.3 is 5.97 Å². The highest BCUT2D eigenvalue weighted by Gasteiger charge is 2.20. The van der Waals surface area contributed by atoms with E-state index >= 15 is 0 Å². The number of H-pyrrole nitrogens is 1. The van der Waals surface area contributed by atoms with Crippen LogP contribution in [0.4, 0.5) is 0 Å². The molecule has 1 aromatic heterocycles. The number of aromatic amines is 1. The molecule has 102 valence electrons. The zero-order chi connectivity index (χ0) is 14.7. The second kappa shape index (κ2) is 5.45. The van der Waals surface area contributed by atoms with Crippen LogP contribution < -0.4 is 5.32 Å². The van der Waals surface area contributed by atoms with Crippen LogP contribution in [0.3, 0.4) is 0 Å². The number of rotatable bonds is 4. The molecule has 2 aromatic rings. The summed E-state index contributed by atoms with van der Waals surface area (Å²) in [5.74, 6) is -1.49. The van der Waals surface area contributed by atoms with E-state index in [9.17, 15) is 9.59 Å². The lowest BCUT2D eigenvalue weighted by Gasteiger charge is -2.12. The van der Waals surface area contributed by atoms with Gasteiger partial charge in [-0.2, -0.15) is 5.26 Å². The smallest absolute Gasteiger partial charge is 0.326 e. The molecule has 20 heavy (non-hydrogen) atoms. The van der Waals surface area contributed by atoms with Crippen LogP contribution in [0.25, 0.3) is 10.9 Å². The van der Waals surface area contributed by atoms with Crippen molar-refractivity contribution in [2.45, 2.75) is 19.4 Å². The lowest BCUT2D eigenvalue weighted by Crippen LogP contribution is -2.41. The molecule has 1 atom stereocenters. The van der Waals surface area contributed by atoms with Crippen molar-refractivity contribution in [3.63, 3.8) is 0 Å². The first-order valence-corrected chi connectivity index (χ1v) is 6.01. The molecule has 0 saturated carbocycles. The number of benzene rings is 1. The summed E-state index contributed by atoms with van der Waals surface area (Å²) in [4.78, 5) is 25.2. The molecule has 0 spiro atoms. The molecule has 0 fully saturated rings. The van der Waals surface area contributed by atoms with Gasteiger partial charge in [0.05, 0.1) is 11.6 Å². The normalized spacial score (nSPS) is 11.8. The van der Waals surface area contributed by atoms with E-state index in [4.69, 9.17) is 10.4 Å². The summed E-state index contributed by atoms with van der Waals surface area (Å²) in [5.41, 5.74) is 2.08. The fraction of sp³-hybridized carbons (Fsp3) is 0.214. The molecule has 0 saturated heterocycles. The van der Waals surface area contributed by atoms with Gasteiger partial charge in [-0.1, -0.05) is 0 Å². The number of carbonyl (C=O) groups excluding carboxylic acids is 1. The van der Waals surface area contributed by atoms with Crippen molar-refractivity contribution in [2.75, 3.05) is 0 Å². The largest absolute Gasteiger partial charge is 0.480 e. The molecule has 6 heteroatoms. The number of hydrogen-bond acceptors (Lipinski definition) is 3. The van der Waals surface area contributed by atoms with E-state index in [2.05, 4.69) is 10.3 Å². The van der Waals surface area contributed by atoms with Gasteiger partial charge in [0.15, 0.2) is 0 Å². The molecular formula is C14H13N3O3. The molecule has 0 aliphatic rings. The van der Waals surface area contributed by atoms with E-state index in [0.717, 1.165) is 16.5 Å². The number of nitrogens with zero attached hydrogens (tertiary/aromatic N) is 1. The van der Waals surface area contributed by atoms with Gasteiger partial charge in [-0.15, -0.1) is 0 Å². The van der Waals surface area contributed by atoms with Crippen LogP contribution in [0.15, 0.2) is 24.4 Å². The van der Waals surface area contributed by atoms with Gasteiger partial charge in [-0.3, -0.25) is 4.79 Å². The molecule has 1 heterocycles. The van der Waals surface area contributed by atoms with Crippen molar-refractivity contribution in [2.24, 2.45) is 0 Å². The van der Waals surface area contributed by atoms with Crippen LogP contribution >= 0.6 is 0 Å². The Morgan fingerprint density at radius 2 is 2.25 bits per heavy atom. The highest BCUT2D eigenvalue weighted by molar-refractivity contribution is 5.87. The predicted molar refractivity (Wildman–Crippen MR) is 72.0 cm³/mol. The summed E-state index contributed by atoms with van der Waals surface area (Å²) in [6, 6.07) is 6.21. The van der Waals surface area contributed by atoms with Crippen molar-refractivity contribution in [1.29, 1.82) is 5.26 Å². The molecular weight excluding hydrogens is 258 g/mol. The van der Waals surface area contributed by atoms with Gasteiger partial charge in [0, 0.05) is 30.4 Å². The molecule has 2 rings (SSSR count). The van der Waals surface area contributed by atoms with Gasteiger partial charge in [0.2, 0.25) is 5.91 Å². The molecule has 1 aromatic carbocycles. The molecule has 0 radical (unpaired) electrons. The van der Waals surface area contributed by atoms with Crippen molar-refractivity contribution in [3.8, 4) is 6.07 Å². The summed E-state index contributed by atoms with van der Waals surface area (Å²) in [7, 11) is 0. The summed E-state index contributed by atoms with van der Waals surface area (Å²) in [6.07, 6.45) is 1.85. The zero-order valence-corrected chi connectivity index (χ0v) is 10.8. The SMILES string of the molecule is CC(=O)NC(Cc1c[nH]c2ccc(C#N)cc12)C(=O)O. The minimum atomic E-state index is -1.09. The van der Waals surface area contributed by atoms with Gasteiger partial charge in [-0.25, -0.2) is 4.79 Å². The van der Waals surface area contributed by atoms with E-state index in [1.165, 1.54) is 6.92 Å². The van der Waals surface area contributed by atoms with E-state index in [1.807, 2.05) is 6.07 Å². The number of nitriles is 1. The minimum absolute atomic E-state index is 0.157. The number of carboxylic acids is 1. The quantitative estimate of drug-likeness (QED) is 0.776. The molecule has 1 amide bonds. The average Bonchev–Trinajstić information content (AvgIpc) is 2.79. The first-order chi connectivity index (χ1) is 9.51. The van der Waals surface area contributed by atoms with E-state index < -0.39 is 17.9 Å². The van der Waals surface area contributed by atoms with Crippen LogP contribution in [-0.4, -0.2) is 28.0 Å². The maximum atomic E-state index is 11.1. The zero-order valence-electron chi connectivity index (χ0n) is 10.8.